The van der Waals surface area contributed by atoms with Crippen LogP contribution in [0.2, 0.25) is 0 Å². The summed E-state index contributed by atoms with van der Waals surface area (Å²) in [5.74, 6) is 0.976. The third-order valence-electron chi connectivity index (χ3n) is 3.67. The molecule has 3 nitrogen and oxygen atoms in total. The molecule has 1 heterocycles. The molecule has 0 radical (unpaired) electrons. The van der Waals surface area contributed by atoms with E-state index in [1.807, 2.05) is 12.1 Å². The first kappa shape index (κ1) is 13.4. The maximum absolute atomic E-state index is 5.43. The summed E-state index contributed by atoms with van der Waals surface area (Å²) in [5.41, 5.74) is 1.25. The van der Waals surface area contributed by atoms with Crippen molar-refractivity contribution in [3.8, 4) is 5.75 Å². The van der Waals surface area contributed by atoms with Crippen molar-refractivity contribution in [1.29, 1.82) is 0 Å². The van der Waals surface area contributed by atoms with E-state index in [0.717, 1.165) is 18.8 Å². The molecule has 0 bridgehead atoms. The number of rotatable bonds is 4. The molecular weight excluding hydrogens is 224 g/mol. The van der Waals surface area contributed by atoms with E-state index in [4.69, 9.17) is 4.74 Å². The summed E-state index contributed by atoms with van der Waals surface area (Å²) < 4.78 is 5.43. The number of ether oxygens (including phenoxy) is 1. The van der Waals surface area contributed by atoms with Crippen molar-refractivity contribution in [2.45, 2.75) is 38.3 Å². The zero-order valence-electron chi connectivity index (χ0n) is 11.4. The van der Waals surface area contributed by atoms with Crippen molar-refractivity contribution >= 4 is 0 Å². The minimum Gasteiger partial charge on any atom is -0.496 e. The molecule has 0 amide bonds. The summed E-state index contributed by atoms with van der Waals surface area (Å²) in [4.78, 5) is 0. The van der Waals surface area contributed by atoms with Crippen LogP contribution in [0.1, 0.15) is 37.8 Å². The second-order valence-corrected chi connectivity index (χ2v) is 5.01. The minimum atomic E-state index is 0.337. The minimum absolute atomic E-state index is 0.337. The summed E-state index contributed by atoms with van der Waals surface area (Å²) in [6.45, 7) is 4.49. The van der Waals surface area contributed by atoms with Gasteiger partial charge in [-0.25, -0.2) is 0 Å². The van der Waals surface area contributed by atoms with Crippen LogP contribution < -0.4 is 15.4 Å². The first-order chi connectivity index (χ1) is 8.81. The number of methoxy groups -OCH3 is 1. The number of benzene rings is 1. The predicted octanol–water partition coefficient (Wildman–Crippen LogP) is 2.49. The zero-order chi connectivity index (χ0) is 12.8. The lowest BCUT2D eigenvalue weighted by molar-refractivity contribution is 0.384. The van der Waals surface area contributed by atoms with Gasteiger partial charge in [-0.1, -0.05) is 18.2 Å². The normalized spacial score (nSPS) is 22.2. The van der Waals surface area contributed by atoms with Crippen LogP contribution in [0, 0.1) is 0 Å². The highest BCUT2D eigenvalue weighted by molar-refractivity contribution is 5.35. The first-order valence-corrected chi connectivity index (χ1v) is 6.91. The van der Waals surface area contributed by atoms with Gasteiger partial charge in [0.25, 0.3) is 0 Å². The molecule has 3 heteroatoms. The van der Waals surface area contributed by atoms with E-state index in [1.165, 1.54) is 24.8 Å². The smallest absolute Gasteiger partial charge is 0.123 e. The standard InChI is InChI=1S/C15H24N2O/c1-12(14-7-3-4-8-15(14)18-2)17-13-6-5-10-16-11-9-13/h3-4,7-8,12-13,16-17H,5-6,9-11H2,1-2H3/t12-,13?/m0/s1. The van der Waals surface area contributed by atoms with E-state index in [9.17, 15) is 0 Å². The van der Waals surface area contributed by atoms with E-state index in [2.05, 4.69) is 29.7 Å². The highest BCUT2D eigenvalue weighted by Gasteiger charge is 2.17. The Hall–Kier alpha value is -1.06. The van der Waals surface area contributed by atoms with Crippen LogP contribution in [0.25, 0.3) is 0 Å². The molecule has 0 saturated carbocycles. The lowest BCUT2D eigenvalue weighted by Crippen LogP contribution is -2.32. The summed E-state index contributed by atoms with van der Waals surface area (Å²) in [5, 5.41) is 7.18. The fourth-order valence-electron chi connectivity index (χ4n) is 2.65. The van der Waals surface area contributed by atoms with E-state index in [0.29, 0.717) is 12.1 Å². The van der Waals surface area contributed by atoms with Crippen LogP contribution in [-0.4, -0.2) is 26.2 Å². The quantitative estimate of drug-likeness (QED) is 0.859. The molecule has 0 aliphatic carbocycles. The SMILES string of the molecule is COc1ccccc1[C@H](C)NC1CCCNCC1. The lowest BCUT2D eigenvalue weighted by Gasteiger charge is -2.23. The van der Waals surface area contributed by atoms with E-state index in [1.54, 1.807) is 7.11 Å². The number of hydrogen-bond acceptors (Lipinski definition) is 3. The molecule has 1 aliphatic heterocycles. The molecule has 18 heavy (non-hydrogen) atoms. The van der Waals surface area contributed by atoms with Crippen molar-refractivity contribution in [3.05, 3.63) is 29.8 Å². The van der Waals surface area contributed by atoms with Crippen LogP contribution in [0.4, 0.5) is 0 Å². The molecule has 2 rings (SSSR count). The topological polar surface area (TPSA) is 33.3 Å². The van der Waals surface area contributed by atoms with Gasteiger partial charge in [0.05, 0.1) is 7.11 Å². The van der Waals surface area contributed by atoms with Gasteiger partial charge in [-0.15, -0.1) is 0 Å². The molecule has 1 saturated heterocycles. The van der Waals surface area contributed by atoms with Crippen LogP contribution in [0.15, 0.2) is 24.3 Å². The maximum atomic E-state index is 5.43. The van der Waals surface area contributed by atoms with Gasteiger partial charge in [-0.05, 0) is 45.3 Å². The number of para-hydroxylation sites is 1. The lowest BCUT2D eigenvalue weighted by atomic mass is 10.0. The summed E-state index contributed by atoms with van der Waals surface area (Å²) in [7, 11) is 1.74. The van der Waals surface area contributed by atoms with Crippen molar-refractivity contribution in [2.75, 3.05) is 20.2 Å². The Morgan fingerprint density at radius 3 is 2.94 bits per heavy atom. The van der Waals surface area contributed by atoms with Gasteiger partial charge in [-0.2, -0.15) is 0 Å². The molecule has 0 spiro atoms. The Balaban J connectivity index is 1.99. The highest BCUT2D eigenvalue weighted by Crippen LogP contribution is 2.25. The summed E-state index contributed by atoms with van der Waals surface area (Å²) in [6, 6.07) is 9.22. The van der Waals surface area contributed by atoms with Crippen molar-refractivity contribution in [3.63, 3.8) is 0 Å². The van der Waals surface area contributed by atoms with Crippen LogP contribution in [0.5, 0.6) is 5.75 Å². The van der Waals surface area contributed by atoms with Crippen molar-refractivity contribution in [1.82, 2.24) is 10.6 Å². The van der Waals surface area contributed by atoms with Gasteiger partial charge in [0.1, 0.15) is 5.75 Å². The third kappa shape index (κ3) is 3.47. The van der Waals surface area contributed by atoms with Crippen molar-refractivity contribution in [2.24, 2.45) is 0 Å². The molecule has 1 aliphatic rings. The van der Waals surface area contributed by atoms with E-state index in [-0.39, 0.29) is 0 Å². The molecule has 1 fully saturated rings. The predicted molar refractivity (Wildman–Crippen MR) is 75.1 cm³/mol. The molecular formula is C15H24N2O. The molecule has 2 atom stereocenters. The van der Waals surface area contributed by atoms with Gasteiger partial charge in [-0.3, -0.25) is 0 Å². The Bertz CT molecular complexity index is 359. The Labute approximate surface area is 110 Å². The molecule has 1 aromatic carbocycles. The average molecular weight is 248 g/mol. The monoisotopic (exact) mass is 248 g/mol. The van der Waals surface area contributed by atoms with Gasteiger partial charge in [0.15, 0.2) is 0 Å². The maximum Gasteiger partial charge on any atom is 0.123 e. The van der Waals surface area contributed by atoms with E-state index >= 15 is 0 Å². The average Bonchev–Trinajstić information content (AvgIpc) is 2.67. The van der Waals surface area contributed by atoms with Gasteiger partial charge < -0.3 is 15.4 Å². The molecule has 1 aromatic rings. The van der Waals surface area contributed by atoms with Gasteiger partial charge in [0, 0.05) is 17.6 Å². The van der Waals surface area contributed by atoms with Crippen molar-refractivity contribution < 1.29 is 4.74 Å². The molecule has 1 unspecified atom stereocenters. The zero-order valence-corrected chi connectivity index (χ0v) is 11.4. The van der Waals surface area contributed by atoms with E-state index < -0.39 is 0 Å². The first-order valence-electron chi connectivity index (χ1n) is 6.91. The Morgan fingerprint density at radius 1 is 1.28 bits per heavy atom. The van der Waals surface area contributed by atoms with Gasteiger partial charge in [0.2, 0.25) is 0 Å². The second kappa shape index (κ2) is 6.76. The molecule has 2 N–H and O–H groups in total. The van der Waals surface area contributed by atoms with Crippen LogP contribution in [-0.2, 0) is 0 Å². The second-order valence-electron chi connectivity index (χ2n) is 5.01. The fourth-order valence-corrected chi connectivity index (χ4v) is 2.65. The Morgan fingerprint density at radius 2 is 2.11 bits per heavy atom. The third-order valence-corrected chi connectivity index (χ3v) is 3.67. The number of nitrogens with one attached hydrogen (secondary N) is 2. The number of hydrogen-bond donors (Lipinski definition) is 2. The fraction of sp³-hybridized carbons (Fsp3) is 0.600. The van der Waals surface area contributed by atoms with Crippen LogP contribution in [0.3, 0.4) is 0 Å². The summed E-state index contributed by atoms with van der Waals surface area (Å²) >= 11 is 0. The van der Waals surface area contributed by atoms with Crippen LogP contribution >= 0.6 is 0 Å². The Kier molecular flexibility index (Phi) is 5.02. The highest BCUT2D eigenvalue weighted by atomic mass is 16.5. The largest absolute Gasteiger partial charge is 0.496 e. The van der Waals surface area contributed by atoms with Gasteiger partial charge >= 0.3 is 0 Å². The molecule has 100 valence electrons. The summed E-state index contributed by atoms with van der Waals surface area (Å²) in [6.07, 6.45) is 3.72. The molecule has 0 aromatic heterocycles.